The molecule has 1 aromatic heterocycles. The highest BCUT2D eigenvalue weighted by Crippen LogP contribution is 2.26. The molecule has 2 N–H and O–H groups in total. The van der Waals surface area contributed by atoms with E-state index in [2.05, 4.69) is 34.5 Å². The number of anilines is 1. The molecule has 1 unspecified atom stereocenters. The summed E-state index contributed by atoms with van der Waals surface area (Å²) in [5.74, 6) is 1.38. The predicted octanol–water partition coefficient (Wildman–Crippen LogP) is 3.33. The van der Waals surface area contributed by atoms with E-state index in [1.54, 1.807) is 0 Å². The van der Waals surface area contributed by atoms with E-state index in [0.29, 0.717) is 6.54 Å². The third-order valence-corrected chi connectivity index (χ3v) is 4.87. The number of rotatable bonds is 6. The van der Waals surface area contributed by atoms with Crippen molar-refractivity contribution in [2.24, 2.45) is 5.92 Å². The molecule has 0 spiro atoms. The van der Waals surface area contributed by atoms with Crippen LogP contribution in [0, 0.1) is 5.92 Å². The summed E-state index contributed by atoms with van der Waals surface area (Å²) in [7, 11) is 0. The standard InChI is InChI=1S/C20H29N3O/c1-15(2)19(24)14-21-13-17-12-16-8-4-5-9-18(16)22-20(17)23-10-6-3-7-11-23/h4-5,8-9,12,15,19,21,24H,3,6-7,10-11,13-14H2,1-2H3. The highest BCUT2D eigenvalue weighted by atomic mass is 16.3. The zero-order valence-electron chi connectivity index (χ0n) is 14.8. The van der Waals surface area contributed by atoms with Crippen molar-refractivity contribution in [1.82, 2.24) is 10.3 Å². The van der Waals surface area contributed by atoms with Gasteiger partial charge in [0.05, 0.1) is 11.6 Å². The number of nitrogens with one attached hydrogen (secondary N) is 1. The molecule has 1 saturated heterocycles. The number of para-hydroxylation sites is 1. The normalized spacial score (nSPS) is 16.8. The van der Waals surface area contributed by atoms with Crippen molar-refractivity contribution in [3.8, 4) is 0 Å². The maximum Gasteiger partial charge on any atom is 0.133 e. The van der Waals surface area contributed by atoms with Gasteiger partial charge < -0.3 is 15.3 Å². The minimum Gasteiger partial charge on any atom is -0.392 e. The molecule has 4 nitrogen and oxygen atoms in total. The molecular weight excluding hydrogens is 298 g/mol. The SMILES string of the molecule is CC(C)C(O)CNCc1cc2ccccc2nc1N1CCCCC1. The Bertz CT molecular complexity index is 665. The summed E-state index contributed by atoms with van der Waals surface area (Å²) in [6.07, 6.45) is 3.50. The Balaban J connectivity index is 1.82. The van der Waals surface area contributed by atoms with Crippen LogP contribution in [0.4, 0.5) is 5.82 Å². The number of hydrogen-bond acceptors (Lipinski definition) is 4. The van der Waals surface area contributed by atoms with Gasteiger partial charge in [-0.1, -0.05) is 32.0 Å². The van der Waals surface area contributed by atoms with E-state index in [9.17, 15) is 5.11 Å². The van der Waals surface area contributed by atoms with Gasteiger partial charge in [-0.3, -0.25) is 0 Å². The summed E-state index contributed by atoms with van der Waals surface area (Å²) in [4.78, 5) is 7.38. The van der Waals surface area contributed by atoms with Gasteiger partial charge in [0.1, 0.15) is 5.82 Å². The van der Waals surface area contributed by atoms with Gasteiger partial charge in [-0.25, -0.2) is 4.98 Å². The van der Waals surface area contributed by atoms with E-state index in [1.165, 1.54) is 30.2 Å². The summed E-state index contributed by atoms with van der Waals surface area (Å²) in [5.41, 5.74) is 2.29. The topological polar surface area (TPSA) is 48.4 Å². The number of pyridine rings is 1. The lowest BCUT2D eigenvalue weighted by Crippen LogP contribution is -2.33. The van der Waals surface area contributed by atoms with Crippen LogP contribution in [0.2, 0.25) is 0 Å². The molecule has 1 aromatic carbocycles. The van der Waals surface area contributed by atoms with E-state index >= 15 is 0 Å². The molecule has 3 rings (SSSR count). The lowest BCUT2D eigenvalue weighted by atomic mass is 10.1. The third kappa shape index (κ3) is 4.05. The Hall–Kier alpha value is -1.65. The van der Waals surface area contributed by atoms with Crippen molar-refractivity contribution < 1.29 is 5.11 Å². The van der Waals surface area contributed by atoms with Gasteiger partial charge >= 0.3 is 0 Å². The van der Waals surface area contributed by atoms with E-state index in [0.717, 1.165) is 31.0 Å². The molecule has 1 aliphatic rings. The smallest absolute Gasteiger partial charge is 0.133 e. The summed E-state index contributed by atoms with van der Waals surface area (Å²) in [6, 6.07) is 10.6. The molecule has 1 aliphatic heterocycles. The van der Waals surface area contributed by atoms with Crippen molar-refractivity contribution in [3.63, 3.8) is 0 Å². The average Bonchev–Trinajstić information content (AvgIpc) is 2.61. The molecule has 1 fully saturated rings. The number of aliphatic hydroxyl groups is 1. The number of benzene rings is 1. The van der Waals surface area contributed by atoms with Gasteiger partial charge in [-0.2, -0.15) is 0 Å². The monoisotopic (exact) mass is 327 g/mol. The van der Waals surface area contributed by atoms with Crippen LogP contribution in [0.15, 0.2) is 30.3 Å². The fourth-order valence-corrected chi connectivity index (χ4v) is 3.25. The summed E-state index contributed by atoms with van der Waals surface area (Å²) in [5, 5.41) is 14.6. The predicted molar refractivity (Wildman–Crippen MR) is 100 cm³/mol. The zero-order valence-corrected chi connectivity index (χ0v) is 14.8. The van der Waals surface area contributed by atoms with Crippen LogP contribution in [0.5, 0.6) is 0 Å². The quantitative estimate of drug-likeness (QED) is 0.854. The molecule has 0 bridgehead atoms. The minimum atomic E-state index is -0.308. The molecular formula is C20H29N3O. The minimum absolute atomic E-state index is 0.272. The van der Waals surface area contributed by atoms with Crippen molar-refractivity contribution in [2.45, 2.75) is 45.8 Å². The van der Waals surface area contributed by atoms with Gasteiger partial charge in [0, 0.05) is 37.1 Å². The Morgan fingerprint density at radius 2 is 1.92 bits per heavy atom. The van der Waals surface area contributed by atoms with Crippen molar-refractivity contribution in [2.75, 3.05) is 24.5 Å². The first kappa shape index (κ1) is 17.2. The van der Waals surface area contributed by atoms with Crippen LogP contribution in [0.3, 0.4) is 0 Å². The van der Waals surface area contributed by atoms with Crippen LogP contribution in [0.25, 0.3) is 10.9 Å². The number of fused-ring (bicyclic) bond motifs is 1. The first-order chi connectivity index (χ1) is 11.6. The van der Waals surface area contributed by atoms with E-state index in [-0.39, 0.29) is 12.0 Å². The Morgan fingerprint density at radius 1 is 1.17 bits per heavy atom. The number of aromatic nitrogens is 1. The second kappa shape index (κ2) is 7.95. The number of piperidine rings is 1. The van der Waals surface area contributed by atoms with Gasteiger partial charge in [0.2, 0.25) is 0 Å². The third-order valence-electron chi connectivity index (χ3n) is 4.87. The van der Waals surface area contributed by atoms with Gasteiger partial charge in [0.15, 0.2) is 0 Å². The summed E-state index contributed by atoms with van der Waals surface area (Å²) < 4.78 is 0. The molecule has 2 heterocycles. The van der Waals surface area contributed by atoms with E-state index in [1.807, 2.05) is 19.9 Å². The molecule has 0 amide bonds. The molecule has 24 heavy (non-hydrogen) atoms. The van der Waals surface area contributed by atoms with Crippen LogP contribution in [0.1, 0.15) is 38.7 Å². The van der Waals surface area contributed by atoms with Gasteiger partial charge in [-0.15, -0.1) is 0 Å². The van der Waals surface area contributed by atoms with Crippen LogP contribution in [-0.4, -0.2) is 35.8 Å². The largest absolute Gasteiger partial charge is 0.392 e. The molecule has 4 heteroatoms. The van der Waals surface area contributed by atoms with E-state index in [4.69, 9.17) is 4.98 Å². The Morgan fingerprint density at radius 3 is 2.67 bits per heavy atom. The molecule has 0 radical (unpaired) electrons. The number of hydrogen-bond donors (Lipinski definition) is 2. The highest BCUT2D eigenvalue weighted by Gasteiger charge is 2.17. The average molecular weight is 327 g/mol. The maximum absolute atomic E-state index is 10.0. The lowest BCUT2D eigenvalue weighted by Gasteiger charge is -2.30. The van der Waals surface area contributed by atoms with Crippen LogP contribution >= 0.6 is 0 Å². The molecule has 130 valence electrons. The first-order valence-electron chi connectivity index (χ1n) is 9.17. The molecule has 0 aliphatic carbocycles. The van der Waals surface area contributed by atoms with Crippen LogP contribution < -0.4 is 10.2 Å². The molecule has 2 aromatic rings. The Labute approximate surface area is 144 Å². The molecule has 1 atom stereocenters. The second-order valence-corrected chi connectivity index (χ2v) is 7.15. The summed E-state index contributed by atoms with van der Waals surface area (Å²) in [6.45, 7) is 7.63. The number of aliphatic hydroxyl groups excluding tert-OH is 1. The fourth-order valence-electron chi connectivity index (χ4n) is 3.25. The maximum atomic E-state index is 10.0. The molecule has 0 saturated carbocycles. The summed E-state index contributed by atoms with van der Waals surface area (Å²) >= 11 is 0. The van der Waals surface area contributed by atoms with Crippen molar-refractivity contribution in [3.05, 3.63) is 35.9 Å². The zero-order chi connectivity index (χ0) is 16.9. The van der Waals surface area contributed by atoms with Gasteiger partial charge in [0.25, 0.3) is 0 Å². The van der Waals surface area contributed by atoms with Gasteiger partial charge in [-0.05, 0) is 37.3 Å². The van der Waals surface area contributed by atoms with Crippen molar-refractivity contribution >= 4 is 16.7 Å². The van der Waals surface area contributed by atoms with Crippen molar-refractivity contribution in [1.29, 1.82) is 0 Å². The highest BCUT2D eigenvalue weighted by molar-refractivity contribution is 5.81. The Kier molecular flexibility index (Phi) is 5.69. The fraction of sp³-hybridized carbons (Fsp3) is 0.550. The lowest BCUT2D eigenvalue weighted by molar-refractivity contribution is 0.123. The second-order valence-electron chi connectivity index (χ2n) is 7.15. The van der Waals surface area contributed by atoms with Crippen LogP contribution in [-0.2, 0) is 6.54 Å². The van der Waals surface area contributed by atoms with E-state index < -0.39 is 0 Å². The first-order valence-corrected chi connectivity index (χ1v) is 9.17. The number of nitrogens with zero attached hydrogens (tertiary/aromatic N) is 2.